The summed E-state index contributed by atoms with van der Waals surface area (Å²) in [6.45, 7) is 3.51. The van der Waals surface area contributed by atoms with Crippen LogP contribution in [0.4, 0.5) is 0 Å². The molecule has 0 fully saturated rings. The Balaban J connectivity index is 2.97. The van der Waals surface area contributed by atoms with Crippen LogP contribution in [0.3, 0.4) is 0 Å². The Kier molecular flexibility index (Phi) is 7.53. The van der Waals surface area contributed by atoms with E-state index in [2.05, 4.69) is 6.92 Å². The van der Waals surface area contributed by atoms with Gasteiger partial charge in [0.2, 0.25) is 0 Å². The van der Waals surface area contributed by atoms with Crippen LogP contribution < -0.4 is 0 Å². The summed E-state index contributed by atoms with van der Waals surface area (Å²) < 4.78 is 5.13. The molecule has 0 spiro atoms. The minimum atomic E-state index is 0.482. The summed E-state index contributed by atoms with van der Waals surface area (Å²) in [7, 11) is 0. The molecule has 56 valence electrons. The second-order valence-electron chi connectivity index (χ2n) is 1.91. The van der Waals surface area contributed by atoms with E-state index in [0.717, 1.165) is 13.0 Å². The van der Waals surface area contributed by atoms with Crippen molar-refractivity contribution in [1.29, 1.82) is 5.26 Å². The molecule has 0 N–H and O–H groups in total. The van der Waals surface area contributed by atoms with Crippen LogP contribution in [0.2, 0.25) is 0 Å². The van der Waals surface area contributed by atoms with E-state index in [1.165, 1.54) is 0 Å². The van der Waals surface area contributed by atoms with Crippen molar-refractivity contribution in [2.45, 2.75) is 19.8 Å². The van der Waals surface area contributed by atoms with Gasteiger partial charge in [-0.15, -0.1) is 0 Å². The lowest BCUT2D eigenvalue weighted by Crippen LogP contribution is -1.91. The predicted molar refractivity (Wildman–Crippen MR) is 40.5 cm³/mol. The number of hydrogen-bond acceptors (Lipinski definition) is 2. The van der Waals surface area contributed by atoms with Crippen LogP contribution in [-0.4, -0.2) is 13.2 Å². The SMILES string of the molecule is CCCOC/C=C/CC#N. The van der Waals surface area contributed by atoms with Crippen LogP contribution in [0.1, 0.15) is 19.8 Å². The normalized spacial score (nSPS) is 10.0. The van der Waals surface area contributed by atoms with Crippen molar-refractivity contribution in [2.75, 3.05) is 13.2 Å². The second kappa shape index (κ2) is 8.19. The van der Waals surface area contributed by atoms with Crippen molar-refractivity contribution in [3.8, 4) is 6.07 Å². The molecule has 0 radical (unpaired) electrons. The zero-order valence-electron chi connectivity index (χ0n) is 6.34. The van der Waals surface area contributed by atoms with Crippen molar-refractivity contribution < 1.29 is 4.74 Å². The zero-order valence-corrected chi connectivity index (χ0v) is 6.34. The Morgan fingerprint density at radius 1 is 1.50 bits per heavy atom. The van der Waals surface area contributed by atoms with Crippen molar-refractivity contribution >= 4 is 0 Å². The number of allylic oxidation sites excluding steroid dienone is 1. The van der Waals surface area contributed by atoms with Crippen molar-refractivity contribution in [1.82, 2.24) is 0 Å². The average molecular weight is 139 g/mol. The van der Waals surface area contributed by atoms with E-state index in [-0.39, 0.29) is 0 Å². The van der Waals surface area contributed by atoms with Gasteiger partial charge >= 0.3 is 0 Å². The van der Waals surface area contributed by atoms with Gasteiger partial charge in [0.15, 0.2) is 0 Å². The van der Waals surface area contributed by atoms with Gasteiger partial charge in [-0.1, -0.05) is 19.1 Å². The van der Waals surface area contributed by atoms with Gasteiger partial charge in [0, 0.05) is 6.61 Å². The molecule has 0 unspecified atom stereocenters. The summed E-state index contributed by atoms with van der Waals surface area (Å²) in [5.74, 6) is 0. The molecule has 0 aromatic rings. The molecule has 0 amide bonds. The van der Waals surface area contributed by atoms with Crippen molar-refractivity contribution in [3.05, 3.63) is 12.2 Å². The quantitative estimate of drug-likeness (QED) is 0.430. The van der Waals surface area contributed by atoms with Gasteiger partial charge < -0.3 is 4.74 Å². The lowest BCUT2D eigenvalue weighted by atomic mass is 10.4. The van der Waals surface area contributed by atoms with Crippen LogP contribution in [0, 0.1) is 11.3 Å². The van der Waals surface area contributed by atoms with Crippen LogP contribution in [-0.2, 0) is 4.74 Å². The fraction of sp³-hybridized carbons (Fsp3) is 0.625. The Morgan fingerprint density at radius 3 is 2.90 bits per heavy atom. The fourth-order valence-corrected chi connectivity index (χ4v) is 0.500. The molecule has 0 heterocycles. The van der Waals surface area contributed by atoms with Crippen LogP contribution in [0.5, 0.6) is 0 Å². The van der Waals surface area contributed by atoms with Gasteiger partial charge in [-0.2, -0.15) is 5.26 Å². The van der Waals surface area contributed by atoms with E-state index in [1.807, 2.05) is 18.2 Å². The Hall–Kier alpha value is -0.810. The highest BCUT2D eigenvalue weighted by molar-refractivity contribution is 4.90. The van der Waals surface area contributed by atoms with Crippen molar-refractivity contribution in [2.24, 2.45) is 0 Å². The third kappa shape index (κ3) is 7.19. The number of hydrogen-bond donors (Lipinski definition) is 0. The molecule has 0 rings (SSSR count). The molecule has 0 bridgehead atoms. The van der Waals surface area contributed by atoms with Gasteiger partial charge in [-0.05, 0) is 6.42 Å². The standard InChI is InChI=1S/C8H13NO/c1-2-7-10-8-5-3-4-6-9/h3,5H,2,4,7-8H2,1H3/b5-3+. The highest BCUT2D eigenvalue weighted by atomic mass is 16.5. The second-order valence-corrected chi connectivity index (χ2v) is 1.91. The molecule has 0 aliphatic carbocycles. The maximum atomic E-state index is 8.13. The predicted octanol–water partition coefficient (Wildman–Crippen LogP) is 1.88. The molecule has 2 nitrogen and oxygen atoms in total. The molecule has 0 saturated heterocycles. The minimum Gasteiger partial charge on any atom is -0.377 e. The first-order chi connectivity index (χ1) is 4.91. The highest BCUT2D eigenvalue weighted by Crippen LogP contribution is 1.83. The molecule has 2 heteroatoms. The van der Waals surface area contributed by atoms with E-state index >= 15 is 0 Å². The van der Waals surface area contributed by atoms with Gasteiger partial charge in [-0.3, -0.25) is 0 Å². The lowest BCUT2D eigenvalue weighted by Gasteiger charge is -1.94. The summed E-state index contributed by atoms with van der Waals surface area (Å²) in [6, 6.07) is 2.02. The summed E-state index contributed by atoms with van der Waals surface area (Å²) >= 11 is 0. The van der Waals surface area contributed by atoms with Gasteiger partial charge in [0.05, 0.1) is 19.1 Å². The molecular weight excluding hydrogens is 126 g/mol. The molecule has 0 saturated carbocycles. The van der Waals surface area contributed by atoms with E-state index < -0.39 is 0 Å². The summed E-state index contributed by atoms with van der Waals surface area (Å²) in [4.78, 5) is 0. The summed E-state index contributed by atoms with van der Waals surface area (Å²) in [5.41, 5.74) is 0. The van der Waals surface area contributed by atoms with Gasteiger partial charge in [0.25, 0.3) is 0 Å². The minimum absolute atomic E-state index is 0.482. The van der Waals surface area contributed by atoms with Crippen LogP contribution in [0.25, 0.3) is 0 Å². The van der Waals surface area contributed by atoms with Crippen molar-refractivity contribution in [3.63, 3.8) is 0 Å². The summed E-state index contributed by atoms with van der Waals surface area (Å²) in [5, 5.41) is 8.13. The number of nitriles is 1. The maximum Gasteiger partial charge on any atom is 0.0663 e. The maximum absolute atomic E-state index is 8.13. The van der Waals surface area contributed by atoms with E-state index in [4.69, 9.17) is 10.00 Å². The lowest BCUT2D eigenvalue weighted by molar-refractivity contribution is 0.163. The first-order valence-electron chi connectivity index (χ1n) is 3.51. The Bertz CT molecular complexity index is 124. The van der Waals surface area contributed by atoms with Gasteiger partial charge in [0.1, 0.15) is 0 Å². The largest absolute Gasteiger partial charge is 0.377 e. The van der Waals surface area contributed by atoms with Crippen LogP contribution in [0.15, 0.2) is 12.2 Å². The fourth-order valence-electron chi connectivity index (χ4n) is 0.500. The molecule has 10 heavy (non-hydrogen) atoms. The Labute approximate surface area is 62.1 Å². The first kappa shape index (κ1) is 9.19. The average Bonchev–Trinajstić information content (AvgIpc) is 1.97. The first-order valence-corrected chi connectivity index (χ1v) is 3.51. The molecule has 0 aliphatic heterocycles. The third-order valence-electron chi connectivity index (χ3n) is 0.938. The molecule has 0 atom stereocenters. The molecule has 0 aromatic heterocycles. The smallest absolute Gasteiger partial charge is 0.0663 e. The number of ether oxygens (including phenoxy) is 1. The molecular formula is C8H13NO. The summed E-state index contributed by atoms with van der Waals surface area (Å²) in [6.07, 6.45) is 5.22. The van der Waals surface area contributed by atoms with Crippen LogP contribution >= 0.6 is 0 Å². The van der Waals surface area contributed by atoms with Gasteiger partial charge in [-0.25, -0.2) is 0 Å². The Morgan fingerprint density at radius 2 is 2.30 bits per heavy atom. The van der Waals surface area contributed by atoms with E-state index in [0.29, 0.717) is 13.0 Å². The molecule has 0 aliphatic rings. The van der Waals surface area contributed by atoms with E-state index in [1.54, 1.807) is 0 Å². The number of rotatable bonds is 5. The number of nitrogens with zero attached hydrogens (tertiary/aromatic N) is 1. The van der Waals surface area contributed by atoms with E-state index in [9.17, 15) is 0 Å². The molecule has 0 aromatic carbocycles. The topological polar surface area (TPSA) is 33.0 Å². The zero-order chi connectivity index (χ0) is 7.66. The highest BCUT2D eigenvalue weighted by Gasteiger charge is 1.78. The third-order valence-corrected chi connectivity index (χ3v) is 0.938. The monoisotopic (exact) mass is 139 g/mol.